The third kappa shape index (κ3) is 2.44. The van der Waals surface area contributed by atoms with Crippen LogP contribution < -0.4 is 0 Å². The lowest BCUT2D eigenvalue weighted by molar-refractivity contribution is 0.625. The first-order chi connectivity index (χ1) is 10.3. The Hall–Kier alpha value is -1.83. The SMILES string of the molecule is CC(c1ccsc1)n1c(CCCl)nc2c(C#N)cccc21. The van der Waals surface area contributed by atoms with Crippen molar-refractivity contribution in [3.05, 3.63) is 52.0 Å². The number of fused-ring (bicyclic) bond motifs is 1. The largest absolute Gasteiger partial charge is 0.321 e. The molecule has 0 N–H and O–H groups in total. The summed E-state index contributed by atoms with van der Waals surface area (Å²) in [6.45, 7) is 2.15. The first-order valence-electron chi connectivity index (χ1n) is 6.74. The first-order valence-corrected chi connectivity index (χ1v) is 8.22. The smallest absolute Gasteiger partial charge is 0.111 e. The maximum atomic E-state index is 9.26. The van der Waals surface area contributed by atoms with Crippen LogP contribution in [-0.4, -0.2) is 15.4 Å². The Labute approximate surface area is 132 Å². The van der Waals surface area contributed by atoms with Gasteiger partial charge in [0.25, 0.3) is 0 Å². The van der Waals surface area contributed by atoms with E-state index in [1.54, 1.807) is 17.4 Å². The predicted octanol–water partition coefficient (Wildman–Crippen LogP) is 4.36. The van der Waals surface area contributed by atoms with E-state index in [2.05, 4.69) is 39.4 Å². The number of hydrogen-bond donors (Lipinski definition) is 0. The van der Waals surface area contributed by atoms with Crippen LogP contribution in [0.2, 0.25) is 0 Å². The van der Waals surface area contributed by atoms with E-state index in [9.17, 15) is 5.26 Å². The molecular weight excluding hydrogens is 302 g/mol. The second-order valence-corrected chi connectivity index (χ2v) is 6.01. The zero-order chi connectivity index (χ0) is 14.8. The molecule has 1 atom stereocenters. The number of nitriles is 1. The number of halogens is 1. The molecule has 3 rings (SSSR count). The molecule has 0 aliphatic heterocycles. The van der Waals surface area contributed by atoms with Crippen molar-refractivity contribution in [2.24, 2.45) is 0 Å². The number of imidazole rings is 1. The fourth-order valence-electron chi connectivity index (χ4n) is 2.61. The standard InChI is InChI=1S/C16H14ClN3S/c1-11(13-6-8-21-10-13)20-14-4-2-3-12(9-18)16(14)19-15(20)5-7-17/h2-4,6,8,10-11H,5,7H2,1H3. The Morgan fingerprint density at radius 1 is 1.43 bits per heavy atom. The maximum Gasteiger partial charge on any atom is 0.111 e. The zero-order valence-electron chi connectivity index (χ0n) is 11.6. The monoisotopic (exact) mass is 315 g/mol. The van der Waals surface area contributed by atoms with Crippen LogP contribution in [0.15, 0.2) is 35.0 Å². The van der Waals surface area contributed by atoms with Gasteiger partial charge in [-0.3, -0.25) is 0 Å². The number of aromatic nitrogens is 2. The van der Waals surface area contributed by atoms with Gasteiger partial charge in [-0.25, -0.2) is 4.98 Å². The van der Waals surface area contributed by atoms with Gasteiger partial charge >= 0.3 is 0 Å². The maximum absolute atomic E-state index is 9.26. The van der Waals surface area contributed by atoms with Gasteiger partial charge < -0.3 is 4.57 Å². The molecule has 106 valence electrons. The number of alkyl halides is 1. The Bertz CT molecular complexity index is 799. The third-order valence-electron chi connectivity index (χ3n) is 3.64. The minimum Gasteiger partial charge on any atom is -0.321 e. The second kappa shape index (κ2) is 5.88. The van der Waals surface area contributed by atoms with Gasteiger partial charge in [0.05, 0.1) is 17.1 Å². The second-order valence-electron chi connectivity index (χ2n) is 4.85. The van der Waals surface area contributed by atoms with Crippen LogP contribution >= 0.6 is 22.9 Å². The summed E-state index contributed by atoms with van der Waals surface area (Å²) in [4.78, 5) is 4.66. The van der Waals surface area contributed by atoms with E-state index in [1.165, 1.54) is 5.56 Å². The molecule has 0 spiro atoms. The Balaban J connectivity index is 2.24. The summed E-state index contributed by atoms with van der Waals surface area (Å²) in [5.41, 5.74) is 3.62. The molecule has 21 heavy (non-hydrogen) atoms. The molecule has 0 aliphatic rings. The van der Waals surface area contributed by atoms with E-state index in [0.29, 0.717) is 17.9 Å². The van der Waals surface area contributed by atoms with Crippen molar-refractivity contribution < 1.29 is 0 Å². The van der Waals surface area contributed by atoms with Crippen molar-refractivity contribution in [3.63, 3.8) is 0 Å². The summed E-state index contributed by atoms with van der Waals surface area (Å²) in [7, 11) is 0. The number of benzene rings is 1. The lowest BCUT2D eigenvalue weighted by Crippen LogP contribution is -2.10. The van der Waals surface area contributed by atoms with Crippen molar-refractivity contribution >= 4 is 34.0 Å². The topological polar surface area (TPSA) is 41.6 Å². The molecule has 0 fully saturated rings. The predicted molar refractivity (Wildman–Crippen MR) is 87.0 cm³/mol. The van der Waals surface area contributed by atoms with Crippen LogP contribution in [0.25, 0.3) is 11.0 Å². The number of hydrogen-bond acceptors (Lipinski definition) is 3. The summed E-state index contributed by atoms with van der Waals surface area (Å²) in [5.74, 6) is 1.45. The fraction of sp³-hybridized carbons (Fsp3) is 0.250. The molecule has 2 heterocycles. The summed E-state index contributed by atoms with van der Waals surface area (Å²) >= 11 is 7.61. The quantitative estimate of drug-likeness (QED) is 0.671. The molecule has 3 aromatic rings. The number of para-hydroxylation sites is 1. The number of thiophene rings is 1. The first kappa shape index (κ1) is 14.1. The number of aryl methyl sites for hydroxylation is 1. The van der Waals surface area contributed by atoms with Crippen molar-refractivity contribution in [2.75, 3.05) is 5.88 Å². The average molecular weight is 316 g/mol. The van der Waals surface area contributed by atoms with Gasteiger partial charge in [0, 0.05) is 12.3 Å². The minimum absolute atomic E-state index is 0.174. The van der Waals surface area contributed by atoms with Gasteiger partial charge in [-0.05, 0) is 41.4 Å². The van der Waals surface area contributed by atoms with Gasteiger partial charge in [-0.1, -0.05) is 6.07 Å². The highest BCUT2D eigenvalue weighted by molar-refractivity contribution is 7.07. The number of nitrogens with zero attached hydrogens (tertiary/aromatic N) is 3. The van der Waals surface area contributed by atoms with E-state index in [1.807, 2.05) is 12.1 Å². The molecule has 0 amide bonds. The molecule has 1 aromatic carbocycles. The highest BCUT2D eigenvalue weighted by Gasteiger charge is 2.18. The van der Waals surface area contributed by atoms with E-state index in [4.69, 9.17) is 11.6 Å². The highest BCUT2D eigenvalue weighted by Crippen LogP contribution is 2.29. The molecule has 0 saturated heterocycles. The minimum atomic E-state index is 0.174. The molecule has 1 unspecified atom stereocenters. The highest BCUT2D eigenvalue weighted by atomic mass is 35.5. The normalized spacial score (nSPS) is 12.4. The van der Waals surface area contributed by atoms with Crippen LogP contribution in [0.3, 0.4) is 0 Å². The lowest BCUT2D eigenvalue weighted by Gasteiger charge is -2.16. The van der Waals surface area contributed by atoms with Crippen LogP contribution in [0.1, 0.15) is 29.9 Å². The molecule has 5 heteroatoms. The van der Waals surface area contributed by atoms with E-state index in [0.717, 1.165) is 16.9 Å². The zero-order valence-corrected chi connectivity index (χ0v) is 13.2. The summed E-state index contributed by atoms with van der Waals surface area (Å²) in [6, 6.07) is 10.2. The van der Waals surface area contributed by atoms with Crippen molar-refractivity contribution in [2.45, 2.75) is 19.4 Å². The van der Waals surface area contributed by atoms with Crippen LogP contribution in [0.5, 0.6) is 0 Å². The van der Waals surface area contributed by atoms with Crippen LogP contribution in [0.4, 0.5) is 0 Å². The molecule has 0 aliphatic carbocycles. The molecule has 0 bridgehead atoms. The van der Waals surface area contributed by atoms with E-state index < -0.39 is 0 Å². The van der Waals surface area contributed by atoms with Gasteiger partial charge in [-0.2, -0.15) is 16.6 Å². The lowest BCUT2D eigenvalue weighted by atomic mass is 10.1. The third-order valence-corrected chi connectivity index (χ3v) is 4.54. The van der Waals surface area contributed by atoms with Crippen molar-refractivity contribution in [3.8, 4) is 6.07 Å². The van der Waals surface area contributed by atoms with Crippen molar-refractivity contribution in [1.29, 1.82) is 5.26 Å². The molecule has 0 saturated carbocycles. The summed E-state index contributed by atoms with van der Waals surface area (Å²) in [5, 5.41) is 13.5. The molecule has 3 nitrogen and oxygen atoms in total. The summed E-state index contributed by atoms with van der Waals surface area (Å²) < 4.78 is 2.20. The van der Waals surface area contributed by atoms with Gasteiger partial charge in [0.2, 0.25) is 0 Å². The van der Waals surface area contributed by atoms with Crippen LogP contribution in [0, 0.1) is 11.3 Å². The van der Waals surface area contributed by atoms with E-state index in [-0.39, 0.29) is 6.04 Å². The van der Waals surface area contributed by atoms with Gasteiger partial charge in [0.15, 0.2) is 0 Å². The summed E-state index contributed by atoms with van der Waals surface area (Å²) in [6.07, 6.45) is 0.690. The fourth-order valence-corrected chi connectivity index (χ4v) is 3.53. The van der Waals surface area contributed by atoms with E-state index >= 15 is 0 Å². The molecular formula is C16H14ClN3S. The van der Waals surface area contributed by atoms with Gasteiger partial charge in [0.1, 0.15) is 17.4 Å². The molecule has 0 radical (unpaired) electrons. The number of rotatable bonds is 4. The Kier molecular flexibility index (Phi) is 3.96. The Morgan fingerprint density at radius 2 is 2.29 bits per heavy atom. The average Bonchev–Trinajstić information content (AvgIpc) is 3.14. The Morgan fingerprint density at radius 3 is 2.95 bits per heavy atom. The van der Waals surface area contributed by atoms with Crippen molar-refractivity contribution in [1.82, 2.24) is 9.55 Å². The van der Waals surface area contributed by atoms with Crippen LogP contribution in [-0.2, 0) is 6.42 Å². The van der Waals surface area contributed by atoms with Gasteiger partial charge in [-0.15, -0.1) is 11.6 Å². The molecule has 2 aromatic heterocycles.